The normalized spacial score (nSPS) is 17.7. The van der Waals surface area contributed by atoms with Crippen molar-refractivity contribution in [1.82, 2.24) is 25.2 Å². The Balaban J connectivity index is 1.75. The second kappa shape index (κ2) is 8.50. The average molecular weight is 425 g/mol. The summed E-state index contributed by atoms with van der Waals surface area (Å²) >= 11 is 0. The van der Waals surface area contributed by atoms with Crippen LogP contribution in [-0.4, -0.2) is 37.5 Å². The molecule has 31 heavy (non-hydrogen) atoms. The fourth-order valence-corrected chi connectivity index (χ4v) is 4.13. The molecule has 0 radical (unpaired) electrons. The molecule has 1 aliphatic carbocycles. The zero-order valence-corrected chi connectivity index (χ0v) is 17.9. The van der Waals surface area contributed by atoms with E-state index in [2.05, 4.69) is 17.0 Å². The van der Waals surface area contributed by atoms with Crippen LogP contribution < -0.4 is 15.8 Å². The number of rotatable bonds is 8. The molecule has 1 saturated carbocycles. The number of carbonyl (C=O) groups is 1. The molecule has 2 aromatic heterocycles. The van der Waals surface area contributed by atoms with Crippen LogP contribution in [-0.2, 0) is 24.7 Å². The van der Waals surface area contributed by atoms with E-state index in [1.54, 1.807) is 17.2 Å². The summed E-state index contributed by atoms with van der Waals surface area (Å²) in [5.41, 5.74) is 5.07. The fourth-order valence-electron chi connectivity index (χ4n) is 4.13. The lowest BCUT2D eigenvalue weighted by molar-refractivity contribution is -0.130. The van der Waals surface area contributed by atoms with Gasteiger partial charge in [-0.15, -0.1) is 0 Å². The monoisotopic (exact) mass is 425 g/mol. The first-order valence-electron chi connectivity index (χ1n) is 10.6. The van der Waals surface area contributed by atoms with Crippen molar-refractivity contribution in [2.75, 3.05) is 6.61 Å². The van der Waals surface area contributed by atoms with Gasteiger partial charge in [-0.25, -0.2) is 10.5 Å². The second-order valence-corrected chi connectivity index (χ2v) is 7.98. The molecule has 1 aliphatic rings. The van der Waals surface area contributed by atoms with Gasteiger partial charge >= 0.3 is 0 Å². The Morgan fingerprint density at radius 2 is 2.19 bits per heavy atom. The van der Waals surface area contributed by atoms with E-state index in [9.17, 15) is 9.59 Å². The third kappa shape index (κ3) is 4.05. The first-order valence-corrected chi connectivity index (χ1v) is 10.6. The summed E-state index contributed by atoms with van der Waals surface area (Å²) in [6.07, 6.45) is 3.07. The SMILES string of the molecule is CCCc1nn(C)c2c(=O)[nH]c(-c3cc(CC4CC4C(=O)NO)ccc3OCC)nc12. The lowest BCUT2D eigenvalue weighted by atomic mass is 10.0. The van der Waals surface area contributed by atoms with Crippen molar-refractivity contribution in [1.29, 1.82) is 0 Å². The van der Waals surface area contributed by atoms with Gasteiger partial charge in [0.05, 0.1) is 17.9 Å². The maximum absolute atomic E-state index is 12.8. The van der Waals surface area contributed by atoms with Gasteiger partial charge < -0.3 is 9.72 Å². The molecule has 2 heterocycles. The highest BCUT2D eigenvalue weighted by Crippen LogP contribution is 2.42. The number of nitrogens with one attached hydrogen (secondary N) is 2. The summed E-state index contributed by atoms with van der Waals surface area (Å²) in [5.74, 6) is 0.750. The van der Waals surface area contributed by atoms with E-state index in [0.717, 1.165) is 30.5 Å². The van der Waals surface area contributed by atoms with Crippen LogP contribution in [0.3, 0.4) is 0 Å². The van der Waals surface area contributed by atoms with E-state index in [-0.39, 0.29) is 23.3 Å². The van der Waals surface area contributed by atoms with Crippen molar-refractivity contribution >= 4 is 16.9 Å². The van der Waals surface area contributed by atoms with Gasteiger partial charge in [-0.05, 0) is 49.8 Å². The van der Waals surface area contributed by atoms with Crippen molar-refractivity contribution in [3.05, 3.63) is 39.8 Å². The van der Waals surface area contributed by atoms with Crippen LogP contribution in [0.2, 0.25) is 0 Å². The van der Waals surface area contributed by atoms with Gasteiger partial charge in [0.1, 0.15) is 17.1 Å². The first kappa shape index (κ1) is 21.0. The fraction of sp³-hybridized carbons (Fsp3) is 0.455. The number of aromatic amines is 1. The average Bonchev–Trinajstić information content (AvgIpc) is 3.44. The van der Waals surface area contributed by atoms with Gasteiger partial charge in [0.25, 0.3) is 5.56 Å². The van der Waals surface area contributed by atoms with Crippen LogP contribution in [0.1, 0.15) is 37.9 Å². The highest BCUT2D eigenvalue weighted by atomic mass is 16.5. The van der Waals surface area contributed by atoms with E-state index in [4.69, 9.17) is 14.9 Å². The number of fused-ring (bicyclic) bond motifs is 1. The number of hydroxylamine groups is 1. The van der Waals surface area contributed by atoms with E-state index < -0.39 is 0 Å². The molecule has 164 valence electrons. The predicted molar refractivity (Wildman–Crippen MR) is 115 cm³/mol. The summed E-state index contributed by atoms with van der Waals surface area (Å²) in [5, 5.41) is 13.3. The number of hydrogen-bond donors (Lipinski definition) is 3. The molecule has 0 spiro atoms. The third-order valence-corrected chi connectivity index (χ3v) is 5.72. The molecule has 0 saturated heterocycles. The van der Waals surface area contributed by atoms with Gasteiger partial charge in [-0.1, -0.05) is 19.4 Å². The Kier molecular flexibility index (Phi) is 5.77. The van der Waals surface area contributed by atoms with E-state index >= 15 is 0 Å². The van der Waals surface area contributed by atoms with Crippen LogP contribution in [0.5, 0.6) is 5.75 Å². The zero-order valence-electron chi connectivity index (χ0n) is 17.9. The van der Waals surface area contributed by atoms with Crippen molar-refractivity contribution in [2.24, 2.45) is 18.9 Å². The largest absolute Gasteiger partial charge is 0.493 e. The van der Waals surface area contributed by atoms with Crippen molar-refractivity contribution < 1.29 is 14.7 Å². The van der Waals surface area contributed by atoms with Crippen molar-refractivity contribution in [3.63, 3.8) is 0 Å². The number of amides is 1. The zero-order chi connectivity index (χ0) is 22.1. The second-order valence-electron chi connectivity index (χ2n) is 7.98. The number of aromatic nitrogens is 4. The quantitative estimate of drug-likeness (QED) is 0.376. The molecule has 1 fully saturated rings. The van der Waals surface area contributed by atoms with Crippen LogP contribution in [0.4, 0.5) is 0 Å². The minimum atomic E-state index is -0.340. The summed E-state index contributed by atoms with van der Waals surface area (Å²) in [6, 6.07) is 5.79. The molecule has 2 atom stereocenters. The molecule has 3 N–H and O–H groups in total. The standard InChI is InChI=1S/C22H27N5O4/c1-4-6-16-18-19(27(3)25-16)22(29)24-20(23-18)15-10-12(7-8-17(15)31-5-2)9-13-11-14(13)21(28)26-30/h7-8,10,13-14,30H,4-6,9,11H2,1-3H3,(H,26,28)(H,23,24,29). The third-order valence-electron chi connectivity index (χ3n) is 5.72. The number of carbonyl (C=O) groups excluding carboxylic acids is 1. The highest BCUT2D eigenvalue weighted by molar-refractivity contribution is 5.81. The van der Waals surface area contributed by atoms with Gasteiger partial charge in [-0.3, -0.25) is 19.5 Å². The van der Waals surface area contributed by atoms with Crippen LogP contribution >= 0.6 is 0 Å². The van der Waals surface area contributed by atoms with Gasteiger partial charge in [0.2, 0.25) is 5.91 Å². The van der Waals surface area contributed by atoms with Crippen LogP contribution in [0.25, 0.3) is 22.4 Å². The maximum atomic E-state index is 12.8. The topological polar surface area (TPSA) is 122 Å². The van der Waals surface area contributed by atoms with E-state index in [1.165, 1.54) is 0 Å². The highest BCUT2D eigenvalue weighted by Gasteiger charge is 2.42. The number of aryl methyl sites for hydroxylation is 2. The van der Waals surface area contributed by atoms with Gasteiger partial charge in [0.15, 0.2) is 5.52 Å². The number of H-pyrrole nitrogens is 1. The Morgan fingerprint density at radius 1 is 1.39 bits per heavy atom. The first-order chi connectivity index (χ1) is 15.0. The summed E-state index contributed by atoms with van der Waals surface area (Å²) in [4.78, 5) is 32.1. The van der Waals surface area contributed by atoms with Gasteiger partial charge in [-0.2, -0.15) is 5.10 Å². The van der Waals surface area contributed by atoms with Gasteiger partial charge in [0, 0.05) is 13.0 Å². The smallest absolute Gasteiger partial charge is 0.277 e. The lowest BCUT2D eigenvalue weighted by Crippen LogP contribution is -2.21. The molecule has 0 bridgehead atoms. The minimum absolute atomic E-state index is 0.165. The van der Waals surface area contributed by atoms with Crippen LogP contribution in [0.15, 0.2) is 23.0 Å². The minimum Gasteiger partial charge on any atom is -0.493 e. The molecule has 4 rings (SSSR count). The Labute approximate surface area is 179 Å². The molecule has 1 amide bonds. The lowest BCUT2D eigenvalue weighted by Gasteiger charge is -2.12. The predicted octanol–water partition coefficient (Wildman–Crippen LogP) is 2.36. The molecule has 0 aliphatic heterocycles. The van der Waals surface area contributed by atoms with Crippen molar-refractivity contribution in [3.8, 4) is 17.1 Å². The molecular weight excluding hydrogens is 398 g/mol. The molecular formula is C22H27N5O4. The molecule has 9 heteroatoms. The van der Waals surface area contributed by atoms with E-state index in [0.29, 0.717) is 41.2 Å². The Hall–Kier alpha value is -3.20. The number of ether oxygens (including phenoxy) is 1. The maximum Gasteiger partial charge on any atom is 0.277 e. The van der Waals surface area contributed by atoms with Crippen LogP contribution in [0, 0.1) is 11.8 Å². The van der Waals surface area contributed by atoms with Crippen molar-refractivity contribution in [2.45, 2.75) is 39.5 Å². The molecule has 1 aromatic carbocycles. The molecule has 2 unspecified atom stereocenters. The van der Waals surface area contributed by atoms with E-state index in [1.807, 2.05) is 25.1 Å². The molecule has 3 aromatic rings. The number of hydrogen-bond acceptors (Lipinski definition) is 6. The summed E-state index contributed by atoms with van der Waals surface area (Å²) in [7, 11) is 1.75. The molecule has 9 nitrogen and oxygen atoms in total. The summed E-state index contributed by atoms with van der Waals surface area (Å²) in [6.45, 7) is 4.45. The summed E-state index contributed by atoms with van der Waals surface area (Å²) < 4.78 is 7.38. The number of nitrogens with zero attached hydrogens (tertiary/aromatic N) is 3. The Bertz CT molecular complexity index is 1180. The number of benzene rings is 1. The Morgan fingerprint density at radius 3 is 2.90 bits per heavy atom.